The van der Waals surface area contributed by atoms with Crippen LogP contribution in [0.1, 0.15) is 33.7 Å². The quantitative estimate of drug-likeness (QED) is 0.239. The summed E-state index contributed by atoms with van der Waals surface area (Å²) in [6.07, 6.45) is 2.17. The van der Waals surface area contributed by atoms with Crippen LogP contribution in [-0.2, 0) is 22.7 Å². The van der Waals surface area contributed by atoms with Crippen LogP contribution in [0.2, 0.25) is 0 Å². The van der Waals surface area contributed by atoms with Gasteiger partial charge < -0.3 is 29.1 Å². The second-order valence-corrected chi connectivity index (χ2v) is 10.3. The number of thioether (sulfide) groups is 1. The van der Waals surface area contributed by atoms with E-state index in [2.05, 4.69) is 5.32 Å². The predicted octanol–water partition coefficient (Wildman–Crippen LogP) is 5.25. The maximum atomic E-state index is 13.2. The van der Waals surface area contributed by atoms with Gasteiger partial charge >= 0.3 is 0 Å². The first-order chi connectivity index (χ1) is 19.4. The summed E-state index contributed by atoms with van der Waals surface area (Å²) in [6, 6.07) is 23.5. The number of carbonyl (C=O) groups is 2. The summed E-state index contributed by atoms with van der Waals surface area (Å²) in [6.45, 7) is 2.53. The van der Waals surface area contributed by atoms with E-state index in [1.807, 2.05) is 86.0 Å². The van der Waals surface area contributed by atoms with Crippen molar-refractivity contribution in [3.8, 4) is 28.2 Å². The molecule has 0 bridgehead atoms. The second kappa shape index (κ2) is 13.9. The summed E-state index contributed by atoms with van der Waals surface area (Å²) >= 11 is 1.51. The highest BCUT2D eigenvalue weighted by Gasteiger charge is 2.19. The molecule has 1 N–H and O–H groups in total. The molecule has 4 rings (SSSR count). The molecule has 1 heterocycles. The van der Waals surface area contributed by atoms with Gasteiger partial charge in [0, 0.05) is 5.56 Å². The van der Waals surface area contributed by atoms with Gasteiger partial charge in [0.05, 0.1) is 31.3 Å². The highest BCUT2D eigenvalue weighted by atomic mass is 32.2. The number of hydrogen-bond acceptors (Lipinski definition) is 7. The zero-order valence-electron chi connectivity index (χ0n) is 22.8. The van der Waals surface area contributed by atoms with Gasteiger partial charge in [-0.05, 0) is 84.0 Å². The van der Waals surface area contributed by atoms with E-state index in [9.17, 15) is 14.7 Å². The third-order valence-electron chi connectivity index (χ3n) is 6.51. The van der Waals surface area contributed by atoms with Gasteiger partial charge in [0.2, 0.25) is 0 Å². The van der Waals surface area contributed by atoms with Gasteiger partial charge in [0.15, 0.2) is 0 Å². The van der Waals surface area contributed by atoms with E-state index in [1.165, 1.54) is 11.8 Å². The number of carboxylic acids is 1. The van der Waals surface area contributed by atoms with Crippen LogP contribution in [0.25, 0.3) is 22.5 Å². The molecule has 1 aromatic heterocycles. The van der Waals surface area contributed by atoms with Gasteiger partial charge in [0.25, 0.3) is 5.91 Å². The number of para-hydroxylation sites is 1. The van der Waals surface area contributed by atoms with Crippen molar-refractivity contribution in [2.24, 2.45) is 0 Å². The van der Waals surface area contributed by atoms with Crippen molar-refractivity contribution in [3.63, 3.8) is 0 Å². The summed E-state index contributed by atoms with van der Waals surface area (Å²) < 4.78 is 17.4. The Morgan fingerprint density at radius 1 is 0.950 bits per heavy atom. The average molecular weight is 559 g/mol. The summed E-state index contributed by atoms with van der Waals surface area (Å²) in [7, 11) is 1.62. The van der Waals surface area contributed by atoms with Gasteiger partial charge in [-0.15, -0.1) is 0 Å². The molecule has 0 saturated carbocycles. The Morgan fingerprint density at radius 2 is 1.70 bits per heavy atom. The highest BCUT2D eigenvalue weighted by molar-refractivity contribution is 7.98. The Bertz CT molecular complexity index is 1460. The number of aryl methyl sites for hydroxylation is 1. The normalized spacial score (nSPS) is 11.7. The number of nitrogens with one attached hydrogen (secondary N) is 1. The van der Waals surface area contributed by atoms with Gasteiger partial charge in [0.1, 0.15) is 23.9 Å². The minimum absolute atomic E-state index is 0.264. The number of ether oxygens (including phenoxy) is 2. The summed E-state index contributed by atoms with van der Waals surface area (Å²) in [5.74, 6) is 0.940. The lowest BCUT2D eigenvalue weighted by atomic mass is 9.93. The molecule has 1 atom stereocenters. The van der Waals surface area contributed by atoms with Crippen molar-refractivity contribution in [2.45, 2.75) is 32.6 Å². The first kappa shape index (κ1) is 29.0. The molecule has 0 aliphatic rings. The van der Waals surface area contributed by atoms with Crippen molar-refractivity contribution in [2.75, 3.05) is 19.1 Å². The fourth-order valence-electron chi connectivity index (χ4n) is 4.42. The van der Waals surface area contributed by atoms with Crippen LogP contribution >= 0.6 is 11.8 Å². The SMILES string of the molecule is COc1ccccc1-c1ccc(COCc2ccc(C(=O)N[C@@H](CCSC)C(=O)[O-])c(-c3ccccc3C)c2)o1. The smallest absolute Gasteiger partial charge is 0.252 e. The highest BCUT2D eigenvalue weighted by Crippen LogP contribution is 2.32. The van der Waals surface area contributed by atoms with E-state index in [0.29, 0.717) is 35.0 Å². The molecule has 0 aliphatic carbocycles. The zero-order valence-corrected chi connectivity index (χ0v) is 23.6. The third-order valence-corrected chi connectivity index (χ3v) is 7.16. The summed E-state index contributed by atoms with van der Waals surface area (Å²) in [5.41, 5.74) is 4.70. The molecule has 3 aromatic carbocycles. The molecule has 208 valence electrons. The maximum absolute atomic E-state index is 13.2. The molecular weight excluding hydrogens is 526 g/mol. The number of benzene rings is 3. The molecule has 0 spiro atoms. The second-order valence-electron chi connectivity index (χ2n) is 9.28. The number of methoxy groups -OCH3 is 1. The van der Waals surface area contributed by atoms with E-state index in [1.54, 1.807) is 13.2 Å². The lowest BCUT2D eigenvalue weighted by molar-refractivity contribution is -0.308. The van der Waals surface area contributed by atoms with E-state index in [0.717, 1.165) is 28.0 Å². The van der Waals surface area contributed by atoms with Crippen LogP contribution in [0.15, 0.2) is 83.3 Å². The Labute approximate surface area is 238 Å². The number of rotatable bonds is 13. The van der Waals surface area contributed by atoms with Gasteiger partial charge in [-0.2, -0.15) is 11.8 Å². The summed E-state index contributed by atoms with van der Waals surface area (Å²) in [4.78, 5) is 24.9. The largest absolute Gasteiger partial charge is 0.548 e. The minimum Gasteiger partial charge on any atom is -0.548 e. The monoisotopic (exact) mass is 558 g/mol. The molecule has 8 heteroatoms. The lowest BCUT2D eigenvalue weighted by Gasteiger charge is -2.21. The number of aliphatic carboxylic acids is 1. The average Bonchev–Trinajstić information content (AvgIpc) is 3.44. The van der Waals surface area contributed by atoms with Gasteiger partial charge in [-0.25, -0.2) is 0 Å². The first-order valence-electron chi connectivity index (χ1n) is 12.9. The topological polar surface area (TPSA) is 101 Å². The van der Waals surface area contributed by atoms with Crippen LogP contribution in [0, 0.1) is 6.92 Å². The Morgan fingerprint density at radius 3 is 2.42 bits per heavy atom. The van der Waals surface area contributed by atoms with Crippen LogP contribution in [0.5, 0.6) is 5.75 Å². The maximum Gasteiger partial charge on any atom is 0.252 e. The molecule has 7 nitrogen and oxygen atoms in total. The lowest BCUT2D eigenvalue weighted by Crippen LogP contribution is -2.48. The predicted molar refractivity (Wildman–Crippen MR) is 155 cm³/mol. The Kier molecular flexibility index (Phi) is 10.0. The molecule has 0 aliphatic heterocycles. The van der Waals surface area contributed by atoms with E-state index < -0.39 is 17.9 Å². The van der Waals surface area contributed by atoms with E-state index in [-0.39, 0.29) is 13.0 Å². The molecular formula is C32H32NO6S-. The third kappa shape index (κ3) is 7.14. The summed E-state index contributed by atoms with van der Waals surface area (Å²) in [5, 5.41) is 14.3. The van der Waals surface area contributed by atoms with Crippen molar-refractivity contribution in [1.29, 1.82) is 0 Å². The number of furan rings is 1. The van der Waals surface area contributed by atoms with Crippen LogP contribution in [0.4, 0.5) is 0 Å². The van der Waals surface area contributed by atoms with Crippen LogP contribution < -0.4 is 15.2 Å². The molecule has 40 heavy (non-hydrogen) atoms. The van der Waals surface area contributed by atoms with E-state index in [4.69, 9.17) is 13.9 Å². The Balaban J connectivity index is 1.51. The Hall–Kier alpha value is -4.01. The molecule has 0 unspecified atom stereocenters. The fraction of sp³-hybridized carbons (Fsp3) is 0.250. The molecule has 0 saturated heterocycles. The van der Waals surface area contributed by atoms with Crippen molar-refractivity contribution < 1.29 is 28.6 Å². The van der Waals surface area contributed by atoms with Crippen LogP contribution in [0.3, 0.4) is 0 Å². The number of amides is 1. The van der Waals surface area contributed by atoms with Crippen molar-refractivity contribution in [3.05, 3.63) is 101 Å². The minimum atomic E-state index is -1.29. The first-order valence-corrected chi connectivity index (χ1v) is 14.3. The molecule has 0 radical (unpaired) electrons. The van der Waals surface area contributed by atoms with Crippen molar-refractivity contribution >= 4 is 23.6 Å². The standard InChI is InChI=1S/C32H33NO6S/c1-21-8-4-5-9-24(21)27-18-22(12-14-25(27)31(34)33-28(32(35)36)16-17-40-3)19-38-20-23-13-15-30(39-23)26-10-6-7-11-29(26)37-2/h4-15,18,28H,16-17,19-20H2,1-3H3,(H,33,34)(H,35,36)/p-1/t28-/m0/s1. The zero-order chi connectivity index (χ0) is 28.5. The number of carbonyl (C=O) groups excluding carboxylic acids is 2. The van der Waals surface area contributed by atoms with Gasteiger partial charge in [-0.3, -0.25) is 4.79 Å². The number of carboxylic acid groups (broad SMARTS) is 1. The van der Waals surface area contributed by atoms with Crippen LogP contribution in [-0.4, -0.2) is 37.0 Å². The van der Waals surface area contributed by atoms with Gasteiger partial charge in [-0.1, -0.05) is 42.5 Å². The molecule has 0 fully saturated rings. The number of hydrogen-bond donors (Lipinski definition) is 1. The fourth-order valence-corrected chi connectivity index (χ4v) is 4.89. The molecule has 1 amide bonds. The molecule has 4 aromatic rings. The van der Waals surface area contributed by atoms with E-state index >= 15 is 0 Å². The van der Waals surface area contributed by atoms with Crippen molar-refractivity contribution in [1.82, 2.24) is 5.32 Å².